The molecule has 3 rings (SSSR count). The van der Waals surface area contributed by atoms with Gasteiger partial charge < -0.3 is 0 Å². The Morgan fingerprint density at radius 2 is 2.09 bits per heavy atom. The van der Waals surface area contributed by atoms with Crippen LogP contribution in [0.15, 0.2) is 24.4 Å². The zero-order chi connectivity index (χ0) is 15.4. The Morgan fingerprint density at radius 1 is 1.27 bits per heavy atom. The molecule has 2 aliphatic rings. The molecular weight excluding hydrogens is 294 g/mol. The SMILES string of the molecule is CN(CC(=O)N(c1ccccn1)C1CCCC1)C1CCSC1. The minimum absolute atomic E-state index is 0.199. The molecule has 0 N–H and O–H groups in total. The maximum absolute atomic E-state index is 12.9. The Morgan fingerprint density at radius 3 is 2.73 bits per heavy atom. The van der Waals surface area contributed by atoms with Crippen LogP contribution in [0.4, 0.5) is 5.82 Å². The van der Waals surface area contributed by atoms with Crippen molar-refractivity contribution in [3.63, 3.8) is 0 Å². The minimum Gasteiger partial charge on any atom is -0.294 e. The number of amides is 1. The van der Waals surface area contributed by atoms with Crippen LogP contribution in [-0.2, 0) is 4.79 Å². The van der Waals surface area contributed by atoms with Crippen LogP contribution in [0.25, 0.3) is 0 Å². The third kappa shape index (κ3) is 3.63. The Kier molecular flexibility index (Phi) is 5.37. The first-order chi connectivity index (χ1) is 10.8. The lowest BCUT2D eigenvalue weighted by atomic mass is 10.2. The van der Waals surface area contributed by atoms with Gasteiger partial charge in [-0.3, -0.25) is 14.6 Å². The van der Waals surface area contributed by atoms with Gasteiger partial charge in [0, 0.05) is 24.0 Å². The molecule has 1 saturated heterocycles. The summed E-state index contributed by atoms with van der Waals surface area (Å²) in [6.07, 6.45) is 7.62. The van der Waals surface area contributed by atoms with Gasteiger partial charge in [-0.05, 0) is 44.2 Å². The highest BCUT2D eigenvalue weighted by atomic mass is 32.2. The van der Waals surface area contributed by atoms with E-state index in [1.165, 1.54) is 25.0 Å². The predicted molar refractivity (Wildman–Crippen MR) is 92.3 cm³/mol. The molecular formula is C17H25N3OS. The second-order valence-electron chi connectivity index (χ2n) is 6.32. The molecule has 1 aromatic heterocycles. The van der Waals surface area contributed by atoms with Crippen molar-refractivity contribution in [3.05, 3.63) is 24.4 Å². The van der Waals surface area contributed by atoms with E-state index in [1.54, 1.807) is 6.20 Å². The number of likely N-dealkylation sites (N-methyl/N-ethyl adjacent to an activating group) is 1. The van der Waals surface area contributed by atoms with E-state index in [1.807, 2.05) is 34.9 Å². The monoisotopic (exact) mass is 319 g/mol. The third-order valence-electron chi connectivity index (χ3n) is 4.77. The smallest absolute Gasteiger partial charge is 0.242 e. The first-order valence-corrected chi connectivity index (χ1v) is 9.42. The number of aromatic nitrogens is 1. The molecule has 22 heavy (non-hydrogen) atoms. The number of thioether (sulfide) groups is 1. The van der Waals surface area contributed by atoms with Crippen LogP contribution in [0.3, 0.4) is 0 Å². The Labute approximate surface area is 137 Å². The van der Waals surface area contributed by atoms with E-state index < -0.39 is 0 Å². The molecule has 0 radical (unpaired) electrons. The summed E-state index contributed by atoms with van der Waals surface area (Å²) in [5, 5.41) is 0. The van der Waals surface area contributed by atoms with E-state index in [0.717, 1.165) is 24.4 Å². The van der Waals surface area contributed by atoms with Gasteiger partial charge in [-0.2, -0.15) is 11.8 Å². The van der Waals surface area contributed by atoms with Gasteiger partial charge in [0.15, 0.2) is 0 Å². The van der Waals surface area contributed by atoms with E-state index in [9.17, 15) is 4.79 Å². The van der Waals surface area contributed by atoms with Crippen LogP contribution in [-0.4, -0.2) is 53.0 Å². The third-order valence-corrected chi connectivity index (χ3v) is 5.91. The summed E-state index contributed by atoms with van der Waals surface area (Å²) in [6, 6.07) is 6.70. The number of pyridine rings is 1. The standard InChI is InChI=1S/C17H25N3OS/c1-19(15-9-11-22-13-15)12-17(21)20(14-6-2-3-7-14)16-8-4-5-10-18-16/h4-5,8,10,14-15H,2-3,6-7,9,11-13H2,1H3. The molecule has 5 heteroatoms. The number of carbonyl (C=O) groups is 1. The molecule has 1 amide bonds. The van der Waals surface area contributed by atoms with Crippen molar-refractivity contribution in [2.45, 2.75) is 44.2 Å². The summed E-state index contributed by atoms with van der Waals surface area (Å²) in [5.41, 5.74) is 0. The second kappa shape index (κ2) is 7.47. The molecule has 2 fully saturated rings. The van der Waals surface area contributed by atoms with Gasteiger partial charge in [-0.15, -0.1) is 0 Å². The number of hydrogen-bond acceptors (Lipinski definition) is 4. The number of rotatable bonds is 5. The Hall–Kier alpha value is -1.07. The molecule has 1 aliphatic heterocycles. The molecule has 1 aliphatic carbocycles. The number of nitrogens with zero attached hydrogens (tertiary/aromatic N) is 3. The van der Waals surface area contributed by atoms with Gasteiger partial charge in [0.1, 0.15) is 5.82 Å². The maximum Gasteiger partial charge on any atom is 0.242 e. The normalized spacial score (nSPS) is 22.4. The Balaban J connectivity index is 1.71. The van der Waals surface area contributed by atoms with Crippen LogP contribution in [0.5, 0.6) is 0 Å². The molecule has 2 heterocycles. The highest BCUT2D eigenvalue weighted by Crippen LogP contribution is 2.28. The lowest BCUT2D eigenvalue weighted by molar-refractivity contribution is -0.120. The van der Waals surface area contributed by atoms with Gasteiger partial charge in [0.2, 0.25) is 5.91 Å². The van der Waals surface area contributed by atoms with Crippen molar-refractivity contribution in [1.29, 1.82) is 0 Å². The second-order valence-corrected chi connectivity index (χ2v) is 7.47. The van der Waals surface area contributed by atoms with Crippen LogP contribution in [0.1, 0.15) is 32.1 Å². The van der Waals surface area contributed by atoms with Gasteiger partial charge >= 0.3 is 0 Å². The van der Waals surface area contributed by atoms with Crippen LogP contribution in [0, 0.1) is 0 Å². The highest BCUT2D eigenvalue weighted by Gasteiger charge is 2.30. The van der Waals surface area contributed by atoms with Gasteiger partial charge in [0.25, 0.3) is 0 Å². The molecule has 0 spiro atoms. The lowest BCUT2D eigenvalue weighted by Gasteiger charge is -2.31. The van der Waals surface area contributed by atoms with Gasteiger partial charge in [0.05, 0.1) is 6.54 Å². The fraction of sp³-hybridized carbons (Fsp3) is 0.647. The largest absolute Gasteiger partial charge is 0.294 e. The lowest BCUT2D eigenvalue weighted by Crippen LogP contribution is -2.47. The molecule has 1 saturated carbocycles. The zero-order valence-corrected chi connectivity index (χ0v) is 14.1. The topological polar surface area (TPSA) is 36.4 Å². The van der Waals surface area contributed by atoms with Crippen molar-refractivity contribution >= 4 is 23.5 Å². The maximum atomic E-state index is 12.9. The summed E-state index contributed by atoms with van der Waals surface area (Å²) in [6.45, 7) is 0.498. The van der Waals surface area contributed by atoms with E-state index in [2.05, 4.69) is 16.9 Å². The molecule has 0 aromatic carbocycles. The molecule has 0 bridgehead atoms. The summed E-state index contributed by atoms with van der Waals surface area (Å²) in [4.78, 5) is 21.6. The molecule has 1 aromatic rings. The summed E-state index contributed by atoms with van der Waals surface area (Å²) in [7, 11) is 2.08. The van der Waals surface area contributed by atoms with Crippen LogP contribution >= 0.6 is 11.8 Å². The number of anilines is 1. The van der Waals surface area contributed by atoms with E-state index in [-0.39, 0.29) is 5.91 Å². The highest BCUT2D eigenvalue weighted by molar-refractivity contribution is 7.99. The van der Waals surface area contributed by atoms with Crippen molar-refractivity contribution < 1.29 is 4.79 Å². The quantitative estimate of drug-likeness (QED) is 0.836. The van der Waals surface area contributed by atoms with Gasteiger partial charge in [-0.25, -0.2) is 4.98 Å². The van der Waals surface area contributed by atoms with E-state index in [0.29, 0.717) is 18.6 Å². The fourth-order valence-corrected chi connectivity index (χ4v) is 4.76. The van der Waals surface area contributed by atoms with Crippen molar-refractivity contribution in [3.8, 4) is 0 Å². The van der Waals surface area contributed by atoms with Crippen molar-refractivity contribution in [2.75, 3.05) is 30.0 Å². The molecule has 120 valence electrons. The average molecular weight is 319 g/mol. The molecule has 1 atom stereocenters. The van der Waals surface area contributed by atoms with E-state index >= 15 is 0 Å². The Bertz CT molecular complexity index is 484. The first-order valence-electron chi connectivity index (χ1n) is 8.27. The number of hydrogen-bond donors (Lipinski definition) is 0. The average Bonchev–Trinajstić information content (AvgIpc) is 3.22. The van der Waals surface area contributed by atoms with Crippen LogP contribution in [0.2, 0.25) is 0 Å². The van der Waals surface area contributed by atoms with E-state index in [4.69, 9.17) is 0 Å². The minimum atomic E-state index is 0.199. The first kappa shape index (κ1) is 15.8. The van der Waals surface area contributed by atoms with Gasteiger partial charge in [-0.1, -0.05) is 18.9 Å². The summed E-state index contributed by atoms with van der Waals surface area (Å²) < 4.78 is 0. The van der Waals surface area contributed by atoms with Crippen LogP contribution < -0.4 is 4.90 Å². The molecule has 4 nitrogen and oxygen atoms in total. The number of carbonyl (C=O) groups excluding carboxylic acids is 1. The fourth-order valence-electron chi connectivity index (χ4n) is 3.47. The predicted octanol–water partition coefficient (Wildman–Crippen LogP) is 2.79. The van der Waals surface area contributed by atoms with Crippen molar-refractivity contribution in [1.82, 2.24) is 9.88 Å². The zero-order valence-electron chi connectivity index (χ0n) is 13.3. The summed E-state index contributed by atoms with van der Waals surface area (Å²) >= 11 is 1.99. The van der Waals surface area contributed by atoms with Crippen molar-refractivity contribution in [2.24, 2.45) is 0 Å². The summed E-state index contributed by atoms with van der Waals surface area (Å²) in [5.74, 6) is 3.38. The molecule has 1 unspecified atom stereocenters.